The molecule has 1 aliphatic rings. The maximum atomic E-state index is 6.22. The van der Waals surface area contributed by atoms with Crippen LogP contribution in [0.15, 0.2) is 12.1 Å². The summed E-state index contributed by atoms with van der Waals surface area (Å²) in [7, 11) is 3.15. The Bertz CT molecular complexity index is 433. The van der Waals surface area contributed by atoms with Gasteiger partial charge in [-0.3, -0.25) is 0 Å². The Hall–Kier alpha value is -0.970. The SMILES string of the molecule is COc1cc(C(N)CC2CCCO2)cc(Cl)c1OC. The molecule has 1 fully saturated rings. The first-order valence-electron chi connectivity index (χ1n) is 6.44. The van der Waals surface area contributed by atoms with Crippen LogP contribution in [-0.4, -0.2) is 26.9 Å². The Kier molecular flexibility index (Phi) is 4.91. The molecule has 1 aromatic carbocycles. The number of hydrogen-bond donors (Lipinski definition) is 1. The molecule has 1 saturated heterocycles. The van der Waals surface area contributed by atoms with Crippen molar-refractivity contribution < 1.29 is 14.2 Å². The predicted octanol–water partition coefficient (Wildman–Crippen LogP) is 2.93. The maximum absolute atomic E-state index is 6.22. The number of benzene rings is 1. The van der Waals surface area contributed by atoms with E-state index in [1.54, 1.807) is 14.2 Å². The first-order chi connectivity index (χ1) is 9.15. The van der Waals surface area contributed by atoms with E-state index in [9.17, 15) is 0 Å². The smallest absolute Gasteiger partial charge is 0.179 e. The summed E-state index contributed by atoms with van der Waals surface area (Å²) in [5, 5.41) is 0.514. The van der Waals surface area contributed by atoms with Crippen LogP contribution in [-0.2, 0) is 4.74 Å². The third-order valence-electron chi connectivity index (χ3n) is 3.42. The second kappa shape index (κ2) is 6.46. The van der Waals surface area contributed by atoms with Gasteiger partial charge in [-0.05, 0) is 37.0 Å². The number of hydrogen-bond acceptors (Lipinski definition) is 4. The maximum Gasteiger partial charge on any atom is 0.179 e. The van der Waals surface area contributed by atoms with Crippen molar-refractivity contribution >= 4 is 11.6 Å². The van der Waals surface area contributed by atoms with Gasteiger partial charge in [-0.2, -0.15) is 0 Å². The number of methoxy groups -OCH3 is 2. The largest absolute Gasteiger partial charge is 0.493 e. The Labute approximate surface area is 118 Å². The second-order valence-electron chi connectivity index (χ2n) is 4.72. The zero-order chi connectivity index (χ0) is 13.8. The Morgan fingerprint density at radius 1 is 1.42 bits per heavy atom. The van der Waals surface area contributed by atoms with Crippen LogP contribution >= 0.6 is 11.6 Å². The van der Waals surface area contributed by atoms with Crippen molar-refractivity contribution in [2.75, 3.05) is 20.8 Å². The lowest BCUT2D eigenvalue weighted by atomic mass is 9.99. The molecule has 0 aromatic heterocycles. The van der Waals surface area contributed by atoms with E-state index in [1.165, 1.54) is 0 Å². The van der Waals surface area contributed by atoms with Crippen LogP contribution in [0.3, 0.4) is 0 Å². The average Bonchev–Trinajstić information content (AvgIpc) is 2.90. The molecule has 2 rings (SSSR count). The van der Waals surface area contributed by atoms with E-state index in [4.69, 9.17) is 31.5 Å². The summed E-state index contributed by atoms with van der Waals surface area (Å²) in [5.41, 5.74) is 7.17. The molecule has 0 saturated carbocycles. The van der Waals surface area contributed by atoms with Crippen LogP contribution in [0.25, 0.3) is 0 Å². The van der Waals surface area contributed by atoms with E-state index in [2.05, 4.69) is 0 Å². The number of nitrogens with two attached hydrogens (primary N) is 1. The van der Waals surface area contributed by atoms with Gasteiger partial charge in [-0.25, -0.2) is 0 Å². The van der Waals surface area contributed by atoms with E-state index < -0.39 is 0 Å². The molecule has 1 heterocycles. The van der Waals surface area contributed by atoms with Gasteiger partial charge in [0.2, 0.25) is 0 Å². The molecule has 1 aliphatic heterocycles. The van der Waals surface area contributed by atoms with Crippen molar-refractivity contribution in [3.63, 3.8) is 0 Å². The summed E-state index contributed by atoms with van der Waals surface area (Å²) in [6.45, 7) is 0.837. The highest BCUT2D eigenvalue weighted by Gasteiger charge is 2.21. The van der Waals surface area contributed by atoms with Gasteiger partial charge in [-0.15, -0.1) is 0 Å². The molecular weight excluding hydrogens is 266 g/mol. The number of halogens is 1. The second-order valence-corrected chi connectivity index (χ2v) is 5.12. The molecule has 2 unspecified atom stereocenters. The molecule has 19 heavy (non-hydrogen) atoms. The molecule has 0 aliphatic carbocycles. The Morgan fingerprint density at radius 2 is 2.21 bits per heavy atom. The minimum absolute atomic E-state index is 0.111. The monoisotopic (exact) mass is 285 g/mol. The summed E-state index contributed by atoms with van der Waals surface area (Å²) in [6, 6.07) is 3.60. The zero-order valence-electron chi connectivity index (χ0n) is 11.3. The van der Waals surface area contributed by atoms with Crippen molar-refractivity contribution in [2.45, 2.75) is 31.4 Å². The number of ether oxygens (including phenoxy) is 3. The third kappa shape index (κ3) is 3.32. The van der Waals surface area contributed by atoms with E-state index >= 15 is 0 Å². The molecule has 5 heteroatoms. The molecule has 1 aromatic rings. The summed E-state index contributed by atoms with van der Waals surface area (Å²) < 4.78 is 16.1. The van der Waals surface area contributed by atoms with E-state index in [0.29, 0.717) is 16.5 Å². The molecule has 106 valence electrons. The van der Waals surface area contributed by atoms with Crippen molar-refractivity contribution in [3.05, 3.63) is 22.7 Å². The van der Waals surface area contributed by atoms with Gasteiger partial charge in [0, 0.05) is 12.6 Å². The minimum atomic E-state index is -0.111. The summed E-state index contributed by atoms with van der Waals surface area (Å²) >= 11 is 6.18. The molecule has 0 radical (unpaired) electrons. The molecular formula is C14H20ClNO3. The van der Waals surface area contributed by atoms with Crippen molar-refractivity contribution in [2.24, 2.45) is 5.73 Å². The minimum Gasteiger partial charge on any atom is -0.493 e. The van der Waals surface area contributed by atoms with Gasteiger partial charge in [0.25, 0.3) is 0 Å². The van der Waals surface area contributed by atoms with Gasteiger partial charge >= 0.3 is 0 Å². The standard InChI is InChI=1S/C14H20ClNO3/c1-17-13-7-9(6-11(15)14(13)18-2)12(16)8-10-4-3-5-19-10/h6-7,10,12H,3-5,8,16H2,1-2H3. The molecule has 0 spiro atoms. The highest BCUT2D eigenvalue weighted by atomic mass is 35.5. The normalized spacial score (nSPS) is 20.3. The predicted molar refractivity (Wildman–Crippen MR) is 75.1 cm³/mol. The van der Waals surface area contributed by atoms with Crippen LogP contribution < -0.4 is 15.2 Å². The van der Waals surface area contributed by atoms with E-state index in [0.717, 1.165) is 31.4 Å². The molecule has 0 amide bonds. The summed E-state index contributed by atoms with van der Waals surface area (Å²) in [6.07, 6.45) is 3.24. The molecule has 2 atom stereocenters. The highest BCUT2D eigenvalue weighted by Crippen LogP contribution is 2.38. The Morgan fingerprint density at radius 3 is 2.79 bits per heavy atom. The Balaban J connectivity index is 2.16. The van der Waals surface area contributed by atoms with Crippen LogP contribution in [0.2, 0.25) is 5.02 Å². The van der Waals surface area contributed by atoms with E-state index in [-0.39, 0.29) is 12.1 Å². The van der Waals surface area contributed by atoms with Gasteiger partial charge in [0.1, 0.15) is 0 Å². The van der Waals surface area contributed by atoms with Gasteiger partial charge in [-0.1, -0.05) is 11.6 Å². The van der Waals surface area contributed by atoms with Crippen LogP contribution in [0.4, 0.5) is 0 Å². The van der Waals surface area contributed by atoms with Crippen molar-refractivity contribution in [1.29, 1.82) is 0 Å². The first kappa shape index (κ1) is 14.4. The fraction of sp³-hybridized carbons (Fsp3) is 0.571. The fourth-order valence-corrected chi connectivity index (χ4v) is 2.70. The van der Waals surface area contributed by atoms with Gasteiger partial charge in [0.05, 0.1) is 25.3 Å². The lowest BCUT2D eigenvalue weighted by molar-refractivity contribution is 0.0983. The topological polar surface area (TPSA) is 53.7 Å². The summed E-state index contributed by atoms with van der Waals surface area (Å²) in [5.74, 6) is 1.14. The lowest BCUT2D eigenvalue weighted by Crippen LogP contribution is -2.18. The van der Waals surface area contributed by atoms with Gasteiger partial charge < -0.3 is 19.9 Å². The molecule has 4 nitrogen and oxygen atoms in total. The fourth-order valence-electron chi connectivity index (χ4n) is 2.40. The van der Waals surface area contributed by atoms with Gasteiger partial charge in [0.15, 0.2) is 11.5 Å². The average molecular weight is 286 g/mol. The third-order valence-corrected chi connectivity index (χ3v) is 3.71. The van der Waals surface area contributed by atoms with Crippen LogP contribution in [0.5, 0.6) is 11.5 Å². The first-order valence-corrected chi connectivity index (χ1v) is 6.82. The molecule has 2 N–H and O–H groups in total. The lowest BCUT2D eigenvalue weighted by Gasteiger charge is -2.19. The zero-order valence-corrected chi connectivity index (χ0v) is 12.1. The van der Waals surface area contributed by atoms with Crippen LogP contribution in [0.1, 0.15) is 30.9 Å². The van der Waals surface area contributed by atoms with Crippen molar-refractivity contribution in [3.8, 4) is 11.5 Å². The van der Waals surface area contributed by atoms with E-state index in [1.807, 2.05) is 12.1 Å². The van der Waals surface area contributed by atoms with Crippen molar-refractivity contribution in [1.82, 2.24) is 0 Å². The quantitative estimate of drug-likeness (QED) is 0.904. The summed E-state index contributed by atoms with van der Waals surface area (Å²) in [4.78, 5) is 0. The molecule has 0 bridgehead atoms. The highest BCUT2D eigenvalue weighted by molar-refractivity contribution is 6.32. The van der Waals surface area contributed by atoms with Crippen LogP contribution in [0, 0.1) is 0 Å². The number of rotatable bonds is 5.